The van der Waals surface area contributed by atoms with Crippen LogP contribution in [0.2, 0.25) is 0 Å². The summed E-state index contributed by atoms with van der Waals surface area (Å²) in [6.07, 6.45) is 2.38. The molecule has 0 aliphatic heterocycles. The van der Waals surface area contributed by atoms with Crippen molar-refractivity contribution in [2.75, 3.05) is 0 Å². The number of benzene rings is 1. The molecule has 0 aliphatic rings. The molecule has 1 rings (SSSR count). The lowest BCUT2D eigenvalue weighted by Gasteiger charge is -2.30. The van der Waals surface area contributed by atoms with Crippen LogP contribution in [0, 0.1) is 11.6 Å². The molecule has 1 aromatic carbocycles. The van der Waals surface area contributed by atoms with Crippen LogP contribution in [-0.2, 0) is 10.8 Å². The van der Waals surface area contributed by atoms with Crippen molar-refractivity contribution in [2.24, 2.45) is 0 Å². The summed E-state index contributed by atoms with van der Waals surface area (Å²) in [5.41, 5.74) is 0.356. The summed E-state index contributed by atoms with van der Waals surface area (Å²) < 4.78 is 28.8. The van der Waals surface area contributed by atoms with E-state index in [4.69, 9.17) is 0 Å². The van der Waals surface area contributed by atoms with Gasteiger partial charge in [-0.2, -0.15) is 0 Å². The van der Waals surface area contributed by atoms with Crippen molar-refractivity contribution in [2.45, 2.75) is 71.6 Å². The Morgan fingerprint density at radius 3 is 1.63 bits per heavy atom. The van der Waals surface area contributed by atoms with E-state index in [0.717, 1.165) is 19.3 Å². The van der Waals surface area contributed by atoms with Crippen molar-refractivity contribution >= 4 is 0 Å². The van der Waals surface area contributed by atoms with Gasteiger partial charge >= 0.3 is 0 Å². The van der Waals surface area contributed by atoms with Crippen LogP contribution in [0.4, 0.5) is 8.78 Å². The average Bonchev–Trinajstić information content (AvgIpc) is 2.40. The maximum Gasteiger partial charge on any atom is 0.162 e. The lowest BCUT2D eigenvalue weighted by Crippen LogP contribution is -2.24. The molecule has 0 radical (unpaired) electrons. The van der Waals surface area contributed by atoms with Crippen LogP contribution in [0.25, 0.3) is 0 Å². The van der Waals surface area contributed by atoms with Gasteiger partial charge in [-0.1, -0.05) is 53.7 Å². The molecule has 0 aliphatic carbocycles. The fourth-order valence-corrected chi connectivity index (χ4v) is 2.36. The van der Waals surface area contributed by atoms with Crippen molar-refractivity contribution in [3.63, 3.8) is 0 Å². The summed E-state index contributed by atoms with van der Waals surface area (Å²) in [5, 5.41) is 0. The van der Waals surface area contributed by atoms with Gasteiger partial charge in [0.15, 0.2) is 11.6 Å². The van der Waals surface area contributed by atoms with Gasteiger partial charge in [-0.05, 0) is 41.2 Å². The molecular weight excluding hydrogens is 242 g/mol. The molecule has 0 unspecified atom stereocenters. The smallest absolute Gasteiger partial charge is 0.162 e. The lowest BCUT2D eigenvalue weighted by atomic mass is 9.75. The van der Waals surface area contributed by atoms with Gasteiger partial charge < -0.3 is 0 Å². The maximum absolute atomic E-state index is 14.4. The minimum atomic E-state index is -0.669. The normalized spacial score (nSPS) is 12.8. The van der Waals surface area contributed by atoms with Gasteiger partial charge in [-0.25, -0.2) is 8.78 Å². The first-order valence-electron chi connectivity index (χ1n) is 7.22. The highest BCUT2D eigenvalue weighted by molar-refractivity contribution is 5.35. The molecule has 0 spiro atoms. The Bertz CT molecular complexity index is 443. The van der Waals surface area contributed by atoms with Crippen LogP contribution < -0.4 is 0 Å². The third-order valence-corrected chi connectivity index (χ3v) is 4.91. The Morgan fingerprint density at radius 2 is 1.21 bits per heavy atom. The molecule has 0 amide bonds. The zero-order valence-electron chi connectivity index (χ0n) is 13.0. The molecule has 19 heavy (non-hydrogen) atoms. The molecule has 0 N–H and O–H groups in total. The van der Waals surface area contributed by atoms with E-state index in [9.17, 15) is 8.78 Å². The minimum Gasteiger partial charge on any atom is -0.203 e. The minimum absolute atomic E-state index is 0.292. The van der Waals surface area contributed by atoms with E-state index in [1.807, 2.05) is 41.5 Å². The number of hydrogen-bond donors (Lipinski definition) is 0. The molecule has 0 heterocycles. The van der Waals surface area contributed by atoms with Gasteiger partial charge in [0.25, 0.3) is 0 Å². The van der Waals surface area contributed by atoms with E-state index in [2.05, 4.69) is 0 Å². The highest BCUT2D eigenvalue weighted by Crippen LogP contribution is 2.37. The first-order valence-corrected chi connectivity index (χ1v) is 7.22. The van der Waals surface area contributed by atoms with Crippen LogP contribution in [0.1, 0.15) is 71.9 Å². The quantitative estimate of drug-likeness (QED) is 0.639. The summed E-state index contributed by atoms with van der Waals surface area (Å²) in [6, 6.07) is 3.54. The summed E-state index contributed by atoms with van der Waals surface area (Å²) in [6.45, 7) is 11.9. The third kappa shape index (κ3) is 2.82. The monoisotopic (exact) mass is 268 g/mol. The first kappa shape index (κ1) is 16.1. The van der Waals surface area contributed by atoms with Gasteiger partial charge in [0.2, 0.25) is 0 Å². The average molecular weight is 268 g/mol. The summed E-state index contributed by atoms with van der Waals surface area (Å²) >= 11 is 0. The van der Waals surface area contributed by atoms with Gasteiger partial charge in [0.1, 0.15) is 0 Å². The zero-order chi connectivity index (χ0) is 14.8. The fraction of sp³-hybridized carbons (Fsp3) is 0.647. The maximum atomic E-state index is 14.4. The SMILES string of the molecule is CCC(C)(C)c1ccc(C(C)(CC)CC)c(F)c1F. The van der Waals surface area contributed by atoms with E-state index in [1.54, 1.807) is 12.1 Å². The number of rotatable bonds is 5. The molecular formula is C17H26F2. The molecule has 0 saturated carbocycles. The zero-order valence-corrected chi connectivity index (χ0v) is 13.0. The van der Waals surface area contributed by atoms with Crippen molar-refractivity contribution in [3.8, 4) is 0 Å². The predicted molar refractivity (Wildman–Crippen MR) is 77.6 cm³/mol. The Hall–Kier alpha value is -0.920. The second-order valence-electron chi connectivity index (χ2n) is 6.29. The van der Waals surface area contributed by atoms with Crippen molar-refractivity contribution in [1.29, 1.82) is 0 Å². The molecule has 0 bridgehead atoms. The Balaban J connectivity index is 3.41. The van der Waals surface area contributed by atoms with E-state index in [-0.39, 0.29) is 10.8 Å². The summed E-state index contributed by atoms with van der Waals surface area (Å²) in [4.78, 5) is 0. The topological polar surface area (TPSA) is 0 Å². The lowest BCUT2D eigenvalue weighted by molar-refractivity contribution is 0.386. The molecule has 2 heteroatoms. The molecule has 0 aromatic heterocycles. The number of hydrogen-bond acceptors (Lipinski definition) is 0. The van der Waals surface area contributed by atoms with Gasteiger partial charge in [0.05, 0.1) is 0 Å². The van der Waals surface area contributed by atoms with Crippen LogP contribution in [-0.4, -0.2) is 0 Å². The molecule has 1 aromatic rings. The predicted octanol–water partition coefficient (Wildman–Crippen LogP) is 5.73. The van der Waals surface area contributed by atoms with Gasteiger partial charge in [0, 0.05) is 0 Å². The third-order valence-electron chi connectivity index (χ3n) is 4.91. The fourth-order valence-electron chi connectivity index (χ4n) is 2.36. The molecule has 0 fully saturated rings. The summed E-state index contributed by atoms with van der Waals surface area (Å²) in [5.74, 6) is -1.33. The first-order chi connectivity index (χ1) is 8.73. The van der Waals surface area contributed by atoms with E-state index < -0.39 is 11.6 Å². The molecule has 108 valence electrons. The van der Waals surface area contributed by atoms with Crippen molar-refractivity contribution < 1.29 is 8.78 Å². The van der Waals surface area contributed by atoms with Crippen LogP contribution in [0.5, 0.6) is 0 Å². The second kappa shape index (κ2) is 5.60. The Morgan fingerprint density at radius 1 is 0.789 bits per heavy atom. The Kier molecular flexibility index (Phi) is 4.76. The summed E-state index contributed by atoms with van der Waals surface area (Å²) in [7, 11) is 0. The molecule has 0 atom stereocenters. The number of halogens is 2. The van der Waals surface area contributed by atoms with Gasteiger partial charge in [-0.15, -0.1) is 0 Å². The molecule has 0 nitrogen and oxygen atoms in total. The molecule has 0 saturated heterocycles. The second-order valence-corrected chi connectivity index (χ2v) is 6.29. The van der Waals surface area contributed by atoms with Crippen LogP contribution in [0.15, 0.2) is 12.1 Å². The van der Waals surface area contributed by atoms with E-state index in [0.29, 0.717) is 11.1 Å². The van der Waals surface area contributed by atoms with Crippen LogP contribution in [0.3, 0.4) is 0 Å². The van der Waals surface area contributed by atoms with Crippen molar-refractivity contribution in [1.82, 2.24) is 0 Å². The highest BCUT2D eigenvalue weighted by Gasteiger charge is 2.31. The van der Waals surface area contributed by atoms with Gasteiger partial charge in [-0.3, -0.25) is 0 Å². The standard InChI is InChI=1S/C17H26F2/c1-7-16(4,5)12-10-11-13(15(19)14(12)18)17(6,8-2)9-3/h10-11H,7-9H2,1-6H3. The van der Waals surface area contributed by atoms with Crippen LogP contribution >= 0.6 is 0 Å². The Labute approximate surface area is 116 Å². The van der Waals surface area contributed by atoms with E-state index in [1.165, 1.54) is 0 Å². The van der Waals surface area contributed by atoms with Crippen molar-refractivity contribution in [3.05, 3.63) is 34.9 Å². The van der Waals surface area contributed by atoms with E-state index >= 15 is 0 Å². The largest absolute Gasteiger partial charge is 0.203 e. The highest BCUT2D eigenvalue weighted by atomic mass is 19.2.